The molecule has 7 heteroatoms. The van der Waals surface area contributed by atoms with Crippen molar-refractivity contribution in [1.29, 1.82) is 10.5 Å². The van der Waals surface area contributed by atoms with Crippen LogP contribution < -0.4 is 0 Å². The van der Waals surface area contributed by atoms with Crippen LogP contribution in [0.3, 0.4) is 0 Å². The van der Waals surface area contributed by atoms with Gasteiger partial charge in [0, 0.05) is 0 Å². The Morgan fingerprint density at radius 2 is 1.40 bits per heavy atom. The van der Waals surface area contributed by atoms with Gasteiger partial charge in [0.15, 0.2) is 12.4 Å². The Labute approximate surface area is 235 Å². The third-order valence-corrected chi connectivity index (χ3v) is 7.39. The monoisotopic (exact) mass is 536 g/mol. The second-order valence-corrected chi connectivity index (χ2v) is 10.5. The molecule has 5 rings (SSSR count). The highest BCUT2D eigenvalue weighted by atomic mass is 16.8. The highest BCUT2D eigenvalue weighted by Gasteiger charge is 2.64. The van der Waals surface area contributed by atoms with Gasteiger partial charge in [-0.15, -0.1) is 0 Å². The lowest BCUT2D eigenvalue weighted by Crippen LogP contribution is -2.45. The van der Waals surface area contributed by atoms with Crippen molar-refractivity contribution in [2.75, 3.05) is 13.2 Å². The molecule has 0 N–H and O–H groups in total. The van der Waals surface area contributed by atoms with Gasteiger partial charge in [0.25, 0.3) is 0 Å². The second-order valence-electron chi connectivity index (χ2n) is 10.5. The van der Waals surface area contributed by atoms with Crippen LogP contribution in [0, 0.1) is 22.7 Å². The van der Waals surface area contributed by atoms with E-state index in [9.17, 15) is 5.26 Å². The van der Waals surface area contributed by atoms with Crippen LogP contribution in [-0.2, 0) is 29.3 Å². The molecule has 0 radical (unpaired) electrons. The third-order valence-electron chi connectivity index (χ3n) is 7.39. The van der Waals surface area contributed by atoms with E-state index in [1.54, 1.807) is 0 Å². The summed E-state index contributed by atoms with van der Waals surface area (Å²) in [4.78, 5) is 0. The van der Waals surface area contributed by atoms with Crippen molar-refractivity contribution >= 4 is 0 Å². The minimum atomic E-state index is -0.982. The van der Waals surface area contributed by atoms with Gasteiger partial charge in [-0.25, -0.2) is 0 Å². The molecule has 2 saturated heterocycles. The molecule has 2 aliphatic heterocycles. The normalized spacial score (nSPS) is 25.5. The number of benzene rings is 3. The third kappa shape index (κ3) is 5.01. The average molecular weight is 537 g/mol. The zero-order chi connectivity index (χ0) is 28.2. The molecule has 0 amide bonds. The number of nitriles is 2. The van der Waals surface area contributed by atoms with Crippen molar-refractivity contribution < 1.29 is 23.7 Å². The lowest BCUT2D eigenvalue weighted by Gasteiger charge is -2.37. The Balaban J connectivity index is 1.55. The fraction of sp³-hybridized carbons (Fsp3) is 0.333. The minimum absolute atomic E-state index is 0.145. The molecule has 2 heterocycles. The Kier molecular flexibility index (Phi) is 7.76. The first-order valence-corrected chi connectivity index (χ1v) is 13.3. The van der Waals surface area contributed by atoms with E-state index >= 15 is 0 Å². The summed E-state index contributed by atoms with van der Waals surface area (Å²) in [5.74, 6) is -0.900. The van der Waals surface area contributed by atoms with Crippen LogP contribution >= 0.6 is 0 Å². The summed E-state index contributed by atoms with van der Waals surface area (Å²) in [5.41, 5.74) is 1.19. The smallest absolute Gasteiger partial charge is 0.173 e. The molecule has 3 aromatic carbocycles. The van der Waals surface area contributed by atoms with E-state index in [1.807, 2.05) is 81.4 Å². The predicted octanol–water partition coefficient (Wildman–Crippen LogP) is 5.62. The number of ether oxygens (including phenoxy) is 5. The Hall–Kier alpha value is -3.98. The van der Waals surface area contributed by atoms with Gasteiger partial charge >= 0.3 is 0 Å². The van der Waals surface area contributed by atoms with E-state index in [4.69, 9.17) is 28.9 Å². The SMILES string of the molecule is CC1(C)O[C@@H]2C(COC(c3ccccc3)(c3ccccc3)c3ccccc3)OC(/C(C#N)=C/OCC#N)[C@]2(C)O1. The van der Waals surface area contributed by atoms with Gasteiger partial charge in [0.1, 0.15) is 47.9 Å². The topological polar surface area (TPSA) is 93.7 Å². The molecule has 0 spiro atoms. The zero-order valence-electron chi connectivity index (χ0n) is 22.8. The summed E-state index contributed by atoms with van der Waals surface area (Å²) in [5, 5.41) is 18.8. The molecule has 4 atom stereocenters. The first-order valence-electron chi connectivity index (χ1n) is 13.3. The van der Waals surface area contributed by atoms with Crippen molar-refractivity contribution in [2.45, 2.75) is 56.1 Å². The van der Waals surface area contributed by atoms with Crippen LogP contribution in [0.2, 0.25) is 0 Å². The summed E-state index contributed by atoms with van der Waals surface area (Å²) in [6.07, 6.45) is -0.604. The number of hydrogen-bond donors (Lipinski definition) is 0. The van der Waals surface area contributed by atoms with Crippen molar-refractivity contribution in [1.82, 2.24) is 0 Å². The summed E-state index contributed by atoms with van der Waals surface area (Å²) >= 11 is 0. The average Bonchev–Trinajstić information content (AvgIpc) is 3.38. The molecule has 0 saturated carbocycles. The second kappa shape index (κ2) is 11.3. The van der Waals surface area contributed by atoms with Gasteiger partial charge in [-0.3, -0.25) is 0 Å². The fourth-order valence-corrected chi connectivity index (χ4v) is 5.86. The molecule has 0 aliphatic carbocycles. The Morgan fingerprint density at radius 1 is 0.875 bits per heavy atom. The van der Waals surface area contributed by atoms with Crippen LogP contribution in [-0.4, -0.2) is 42.9 Å². The van der Waals surface area contributed by atoms with Crippen LogP contribution in [0.15, 0.2) is 103 Å². The van der Waals surface area contributed by atoms with Gasteiger partial charge in [0.2, 0.25) is 0 Å². The number of hydrogen-bond acceptors (Lipinski definition) is 7. The summed E-state index contributed by atoms with van der Waals surface area (Å²) in [6.45, 7) is 5.53. The van der Waals surface area contributed by atoms with E-state index < -0.39 is 35.3 Å². The van der Waals surface area contributed by atoms with Crippen LogP contribution in [0.5, 0.6) is 0 Å². The van der Waals surface area contributed by atoms with Crippen molar-refractivity contribution in [3.8, 4) is 12.1 Å². The first kappa shape index (κ1) is 27.6. The maximum atomic E-state index is 9.95. The van der Waals surface area contributed by atoms with Gasteiger partial charge in [0.05, 0.1) is 12.2 Å². The largest absolute Gasteiger partial charge is 0.485 e. The van der Waals surface area contributed by atoms with Gasteiger partial charge < -0.3 is 23.7 Å². The number of fused-ring (bicyclic) bond motifs is 1. The van der Waals surface area contributed by atoms with Crippen molar-refractivity contribution in [3.63, 3.8) is 0 Å². The molecule has 0 bridgehead atoms. The van der Waals surface area contributed by atoms with Crippen LogP contribution in [0.25, 0.3) is 0 Å². The molecule has 2 fully saturated rings. The van der Waals surface area contributed by atoms with Crippen LogP contribution in [0.4, 0.5) is 0 Å². The molecule has 2 unspecified atom stereocenters. The Morgan fingerprint density at radius 3 is 1.88 bits per heavy atom. The minimum Gasteiger partial charge on any atom is -0.485 e. The predicted molar refractivity (Wildman–Crippen MR) is 148 cm³/mol. The van der Waals surface area contributed by atoms with E-state index in [1.165, 1.54) is 6.26 Å². The summed E-state index contributed by atoms with van der Waals surface area (Å²) < 4.78 is 31.5. The molecule has 0 aromatic heterocycles. The van der Waals surface area contributed by atoms with E-state index in [2.05, 4.69) is 42.5 Å². The summed E-state index contributed by atoms with van der Waals surface area (Å²) in [6, 6.07) is 34.4. The maximum absolute atomic E-state index is 9.95. The molecular formula is C33H32N2O5. The molecule has 40 heavy (non-hydrogen) atoms. The number of nitrogens with zero attached hydrogens (tertiary/aromatic N) is 2. The maximum Gasteiger partial charge on any atom is 0.173 e. The highest BCUT2D eigenvalue weighted by Crippen LogP contribution is 2.49. The van der Waals surface area contributed by atoms with E-state index in [-0.39, 0.29) is 18.8 Å². The van der Waals surface area contributed by atoms with Crippen molar-refractivity contribution in [3.05, 3.63) is 120 Å². The fourth-order valence-electron chi connectivity index (χ4n) is 5.86. The van der Waals surface area contributed by atoms with E-state index in [0.717, 1.165) is 16.7 Å². The van der Waals surface area contributed by atoms with Gasteiger partial charge in [-0.1, -0.05) is 91.0 Å². The van der Waals surface area contributed by atoms with Crippen molar-refractivity contribution in [2.24, 2.45) is 0 Å². The van der Waals surface area contributed by atoms with Crippen LogP contribution in [0.1, 0.15) is 37.5 Å². The van der Waals surface area contributed by atoms with E-state index in [0.29, 0.717) is 0 Å². The summed E-state index contributed by atoms with van der Waals surface area (Å²) in [7, 11) is 0. The quantitative estimate of drug-likeness (QED) is 0.152. The Bertz CT molecular complexity index is 1320. The van der Waals surface area contributed by atoms with Gasteiger partial charge in [-0.2, -0.15) is 10.5 Å². The van der Waals surface area contributed by atoms with Gasteiger partial charge in [-0.05, 0) is 37.5 Å². The first-order chi connectivity index (χ1) is 19.3. The molecule has 2 aliphatic rings. The standard InChI is InChI=1S/C33H32N2O5/c1-31(2)39-30-28(38-29(32(30,3)40-31)24(21-35)22-36-20-19-34)23-37-33(25-13-7-4-8-14-25,26-15-9-5-10-16-26)27-17-11-6-12-18-27/h4-18,22,28-30H,20,23H2,1-3H3/b24-22+/t28?,29?,30-,32+/m1/s1. The lowest BCUT2D eigenvalue weighted by atomic mass is 9.80. The number of rotatable bonds is 9. The molecular weight excluding hydrogens is 504 g/mol. The lowest BCUT2D eigenvalue weighted by molar-refractivity contribution is -0.203. The zero-order valence-corrected chi connectivity index (χ0v) is 22.8. The molecule has 204 valence electrons. The molecule has 3 aromatic rings. The molecule has 7 nitrogen and oxygen atoms in total. The highest BCUT2D eigenvalue weighted by molar-refractivity contribution is 5.47.